The Kier molecular flexibility index (Phi) is 11.0. The molecule has 6 heteroatoms. The van der Waals surface area contributed by atoms with Crippen LogP contribution >= 0.6 is 7.60 Å². The van der Waals surface area contributed by atoms with Crippen molar-refractivity contribution in [2.24, 2.45) is 5.92 Å². The maximum atomic E-state index is 12.3. The summed E-state index contributed by atoms with van der Waals surface area (Å²) in [7, 11) is -3.09. The number of unbranched alkanes of at least 4 members (excludes halogenated alkanes) is 1. The van der Waals surface area contributed by atoms with Gasteiger partial charge in [-0.3, -0.25) is 4.57 Å². The number of rotatable bonds is 12. The number of ether oxygens (including phenoxy) is 1. The lowest BCUT2D eigenvalue weighted by atomic mass is 10.2. The van der Waals surface area contributed by atoms with Crippen molar-refractivity contribution in [3.8, 4) is 0 Å². The summed E-state index contributed by atoms with van der Waals surface area (Å²) in [5.74, 6) is -0.203. The van der Waals surface area contributed by atoms with Crippen molar-refractivity contribution in [2.45, 2.75) is 33.6 Å². The van der Waals surface area contributed by atoms with E-state index in [-0.39, 0.29) is 18.7 Å². The Morgan fingerprint density at radius 3 is 2.22 bits per heavy atom. The van der Waals surface area contributed by atoms with E-state index in [4.69, 9.17) is 13.8 Å². The van der Waals surface area contributed by atoms with Gasteiger partial charge < -0.3 is 18.9 Å². The van der Waals surface area contributed by atoms with E-state index in [9.17, 15) is 9.67 Å². The van der Waals surface area contributed by atoms with Gasteiger partial charge in [0.15, 0.2) is 0 Å². The second-order valence-corrected chi connectivity index (χ2v) is 6.21. The molecular formula is C12H27O5P. The van der Waals surface area contributed by atoms with Gasteiger partial charge in [0.2, 0.25) is 0 Å². The van der Waals surface area contributed by atoms with Gasteiger partial charge in [-0.25, -0.2) is 0 Å². The van der Waals surface area contributed by atoms with Gasteiger partial charge in [-0.1, -0.05) is 13.3 Å². The lowest BCUT2D eigenvalue weighted by molar-refractivity contribution is 0.0756. The lowest BCUT2D eigenvalue weighted by Gasteiger charge is -2.21. The first-order valence-electron chi connectivity index (χ1n) is 6.68. The third-order valence-electron chi connectivity index (χ3n) is 2.39. The quantitative estimate of drug-likeness (QED) is 0.440. The molecule has 0 aliphatic rings. The molecule has 0 aliphatic heterocycles. The van der Waals surface area contributed by atoms with Crippen molar-refractivity contribution in [1.29, 1.82) is 0 Å². The van der Waals surface area contributed by atoms with Crippen LogP contribution in [0.5, 0.6) is 0 Å². The summed E-state index contributed by atoms with van der Waals surface area (Å²) >= 11 is 0. The third kappa shape index (κ3) is 8.22. The number of aliphatic hydroxyl groups excluding tert-OH is 1. The van der Waals surface area contributed by atoms with Crippen molar-refractivity contribution in [1.82, 2.24) is 0 Å². The van der Waals surface area contributed by atoms with Gasteiger partial charge in [0, 0.05) is 19.1 Å². The molecule has 0 aromatic carbocycles. The minimum absolute atomic E-state index is 0.0732. The standard InChI is InChI=1S/C12H27O5P/c1-4-7-8-15-10-12(9-13)11-18(14,16-5-2)17-6-3/h12-13H,4-11H2,1-3H3. The molecule has 0 fully saturated rings. The van der Waals surface area contributed by atoms with E-state index in [1.54, 1.807) is 13.8 Å². The topological polar surface area (TPSA) is 65.0 Å². The molecule has 0 saturated heterocycles. The summed E-state index contributed by atoms with van der Waals surface area (Å²) in [5.41, 5.74) is 0. The van der Waals surface area contributed by atoms with Crippen molar-refractivity contribution >= 4 is 7.60 Å². The summed E-state index contributed by atoms with van der Waals surface area (Å²) in [4.78, 5) is 0. The van der Waals surface area contributed by atoms with E-state index in [1.165, 1.54) is 0 Å². The normalized spacial score (nSPS) is 13.8. The SMILES string of the molecule is CCCCOCC(CO)CP(=O)(OCC)OCC. The van der Waals surface area contributed by atoms with E-state index < -0.39 is 7.60 Å². The van der Waals surface area contributed by atoms with Crippen LogP contribution in [-0.2, 0) is 18.3 Å². The van der Waals surface area contributed by atoms with E-state index in [0.29, 0.717) is 26.4 Å². The average molecular weight is 282 g/mol. The minimum atomic E-state index is -3.09. The Bertz CT molecular complexity index is 225. The summed E-state index contributed by atoms with van der Waals surface area (Å²) in [5, 5.41) is 9.27. The van der Waals surface area contributed by atoms with E-state index in [1.807, 2.05) is 0 Å². The van der Waals surface area contributed by atoms with Crippen LogP contribution in [0.15, 0.2) is 0 Å². The van der Waals surface area contributed by atoms with Gasteiger partial charge in [0.05, 0.1) is 26.0 Å². The maximum absolute atomic E-state index is 12.3. The molecule has 0 aliphatic carbocycles. The van der Waals surface area contributed by atoms with Crippen LogP contribution in [0.2, 0.25) is 0 Å². The fourth-order valence-electron chi connectivity index (χ4n) is 1.51. The van der Waals surface area contributed by atoms with Crippen LogP contribution in [0.25, 0.3) is 0 Å². The van der Waals surface area contributed by atoms with Crippen LogP contribution in [0.3, 0.4) is 0 Å². The predicted molar refractivity (Wildman–Crippen MR) is 72.0 cm³/mol. The highest BCUT2D eigenvalue weighted by molar-refractivity contribution is 7.53. The van der Waals surface area contributed by atoms with Gasteiger partial charge in [-0.05, 0) is 20.3 Å². The first kappa shape index (κ1) is 18.1. The number of hydrogen-bond acceptors (Lipinski definition) is 5. The molecule has 0 bridgehead atoms. The van der Waals surface area contributed by atoms with Gasteiger partial charge >= 0.3 is 7.60 Å². The van der Waals surface area contributed by atoms with E-state index >= 15 is 0 Å². The van der Waals surface area contributed by atoms with Crippen LogP contribution < -0.4 is 0 Å². The smallest absolute Gasteiger partial charge is 0.331 e. The Morgan fingerprint density at radius 1 is 1.17 bits per heavy atom. The Morgan fingerprint density at radius 2 is 1.78 bits per heavy atom. The van der Waals surface area contributed by atoms with Crippen molar-refractivity contribution in [3.05, 3.63) is 0 Å². The molecule has 110 valence electrons. The van der Waals surface area contributed by atoms with Gasteiger partial charge in [-0.2, -0.15) is 0 Å². The van der Waals surface area contributed by atoms with Crippen LogP contribution in [0.1, 0.15) is 33.6 Å². The number of hydrogen-bond donors (Lipinski definition) is 1. The van der Waals surface area contributed by atoms with E-state index in [2.05, 4.69) is 6.92 Å². The molecule has 1 unspecified atom stereocenters. The molecule has 0 spiro atoms. The zero-order valence-electron chi connectivity index (χ0n) is 11.8. The monoisotopic (exact) mass is 282 g/mol. The second-order valence-electron chi connectivity index (χ2n) is 4.11. The summed E-state index contributed by atoms with van der Waals surface area (Å²) in [6, 6.07) is 0. The molecule has 0 amide bonds. The third-order valence-corrected chi connectivity index (χ3v) is 4.65. The average Bonchev–Trinajstić information content (AvgIpc) is 2.33. The summed E-state index contributed by atoms with van der Waals surface area (Å²) in [6.07, 6.45) is 2.27. The molecule has 0 heterocycles. The Balaban J connectivity index is 4.16. The summed E-state index contributed by atoms with van der Waals surface area (Å²) in [6.45, 7) is 7.30. The largest absolute Gasteiger partial charge is 0.396 e. The minimum Gasteiger partial charge on any atom is -0.396 e. The highest BCUT2D eigenvalue weighted by Gasteiger charge is 2.28. The fraction of sp³-hybridized carbons (Fsp3) is 1.00. The molecule has 0 saturated carbocycles. The van der Waals surface area contributed by atoms with Gasteiger partial charge in [-0.15, -0.1) is 0 Å². The molecule has 0 radical (unpaired) electrons. The molecule has 1 atom stereocenters. The summed E-state index contributed by atoms with van der Waals surface area (Å²) < 4.78 is 28.1. The molecule has 1 N–H and O–H groups in total. The van der Waals surface area contributed by atoms with Crippen LogP contribution in [0.4, 0.5) is 0 Å². The molecule has 5 nitrogen and oxygen atoms in total. The Labute approximate surface area is 110 Å². The lowest BCUT2D eigenvalue weighted by Crippen LogP contribution is -2.20. The van der Waals surface area contributed by atoms with Crippen molar-refractivity contribution < 1.29 is 23.5 Å². The highest BCUT2D eigenvalue weighted by atomic mass is 31.2. The first-order valence-corrected chi connectivity index (χ1v) is 8.41. The molecule has 0 aromatic heterocycles. The zero-order valence-corrected chi connectivity index (χ0v) is 12.7. The van der Waals surface area contributed by atoms with E-state index in [0.717, 1.165) is 12.8 Å². The van der Waals surface area contributed by atoms with Gasteiger partial charge in [0.25, 0.3) is 0 Å². The van der Waals surface area contributed by atoms with Crippen molar-refractivity contribution in [2.75, 3.05) is 39.2 Å². The first-order chi connectivity index (χ1) is 8.61. The molecule has 18 heavy (non-hydrogen) atoms. The Hall–Kier alpha value is 0.0700. The second kappa shape index (κ2) is 10.9. The zero-order chi connectivity index (χ0) is 13.9. The number of aliphatic hydroxyl groups is 1. The van der Waals surface area contributed by atoms with Gasteiger partial charge in [0.1, 0.15) is 0 Å². The van der Waals surface area contributed by atoms with Crippen LogP contribution in [0, 0.1) is 5.92 Å². The fourth-order valence-corrected chi connectivity index (χ4v) is 3.44. The molecule has 0 rings (SSSR count). The molecule has 0 aromatic rings. The van der Waals surface area contributed by atoms with Crippen LogP contribution in [-0.4, -0.2) is 44.3 Å². The van der Waals surface area contributed by atoms with Crippen molar-refractivity contribution in [3.63, 3.8) is 0 Å². The predicted octanol–water partition coefficient (Wildman–Crippen LogP) is 2.68. The molecular weight excluding hydrogens is 255 g/mol. The highest BCUT2D eigenvalue weighted by Crippen LogP contribution is 2.49. The maximum Gasteiger partial charge on any atom is 0.331 e.